The molecule has 0 fully saturated rings. The van der Waals surface area contributed by atoms with E-state index in [1.165, 1.54) is 0 Å². The van der Waals surface area contributed by atoms with Gasteiger partial charge in [0.05, 0.1) is 8.95 Å². The third kappa shape index (κ3) is 3.79. The first-order valence-corrected chi connectivity index (χ1v) is 6.46. The first-order chi connectivity index (χ1) is 7.40. The molecule has 0 radical (unpaired) electrons. The van der Waals surface area contributed by atoms with E-state index in [-0.39, 0.29) is 11.7 Å². The van der Waals surface area contributed by atoms with Crippen LogP contribution in [-0.2, 0) is 4.79 Å². The third-order valence-corrected chi connectivity index (χ3v) is 3.10. The highest BCUT2D eigenvalue weighted by molar-refractivity contribution is 9.11. The fourth-order valence-corrected chi connectivity index (χ4v) is 2.41. The highest BCUT2D eigenvalue weighted by atomic mass is 79.9. The molecule has 88 valence electrons. The minimum atomic E-state index is -0.0283. The number of phenols is 1. The highest BCUT2D eigenvalue weighted by Gasteiger charge is 2.09. The van der Waals surface area contributed by atoms with Crippen LogP contribution in [0, 0.1) is 5.92 Å². The fourth-order valence-electron chi connectivity index (χ4n) is 1.22. The summed E-state index contributed by atoms with van der Waals surface area (Å²) in [5.74, 6) is 0.422. The zero-order valence-corrected chi connectivity index (χ0v) is 12.2. The molecule has 0 unspecified atom stereocenters. The number of phenolic OH excluding ortho intramolecular Hbond substituents is 1. The zero-order chi connectivity index (χ0) is 12.3. The molecule has 1 rings (SSSR count). The maximum absolute atomic E-state index is 11.5. The van der Waals surface area contributed by atoms with Gasteiger partial charge in [-0.1, -0.05) is 13.8 Å². The van der Waals surface area contributed by atoms with Crippen LogP contribution in [0.5, 0.6) is 5.75 Å². The molecule has 5 heteroatoms. The molecule has 1 aromatic carbocycles. The Morgan fingerprint density at radius 3 is 2.31 bits per heavy atom. The second-order valence-electron chi connectivity index (χ2n) is 3.93. The van der Waals surface area contributed by atoms with Gasteiger partial charge in [0.2, 0.25) is 5.91 Å². The number of amides is 1. The monoisotopic (exact) mass is 349 g/mol. The van der Waals surface area contributed by atoms with E-state index in [0.717, 1.165) is 0 Å². The van der Waals surface area contributed by atoms with Crippen molar-refractivity contribution in [3.63, 3.8) is 0 Å². The molecule has 1 amide bonds. The molecule has 0 saturated heterocycles. The molecule has 0 heterocycles. The van der Waals surface area contributed by atoms with Crippen LogP contribution in [-0.4, -0.2) is 11.0 Å². The van der Waals surface area contributed by atoms with E-state index in [1.54, 1.807) is 12.1 Å². The van der Waals surface area contributed by atoms with Gasteiger partial charge in [-0.15, -0.1) is 0 Å². The minimum Gasteiger partial charge on any atom is -0.506 e. The van der Waals surface area contributed by atoms with E-state index in [2.05, 4.69) is 37.2 Å². The van der Waals surface area contributed by atoms with Gasteiger partial charge in [0, 0.05) is 12.1 Å². The van der Waals surface area contributed by atoms with Crippen molar-refractivity contribution >= 4 is 43.5 Å². The Labute approximate surface area is 111 Å². The number of carbonyl (C=O) groups is 1. The summed E-state index contributed by atoms with van der Waals surface area (Å²) in [5, 5.41) is 12.3. The molecule has 1 aromatic rings. The molecule has 0 saturated carbocycles. The van der Waals surface area contributed by atoms with Gasteiger partial charge in [-0.3, -0.25) is 4.79 Å². The van der Waals surface area contributed by atoms with Crippen molar-refractivity contribution in [2.24, 2.45) is 5.92 Å². The van der Waals surface area contributed by atoms with E-state index in [9.17, 15) is 9.90 Å². The predicted octanol–water partition coefficient (Wildman–Crippen LogP) is 3.90. The predicted molar refractivity (Wildman–Crippen MR) is 71.6 cm³/mol. The van der Waals surface area contributed by atoms with Crippen LogP contribution in [0.25, 0.3) is 0 Å². The van der Waals surface area contributed by atoms with Crippen LogP contribution in [0.2, 0.25) is 0 Å². The van der Waals surface area contributed by atoms with Crippen molar-refractivity contribution in [2.45, 2.75) is 20.3 Å². The van der Waals surface area contributed by atoms with Crippen LogP contribution in [0.15, 0.2) is 21.1 Å². The molecule has 16 heavy (non-hydrogen) atoms. The molecular formula is C11H13Br2NO2. The molecule has 3 nitrogen and oxygen atoms in total. The minimum absolute atomic E-state index is 0.0283. The lowest BCUT2D eigenvalue weighted by Gasteiger charge is -2.09. The third-order valence-electron chi connectivity index (χ3n) is 1.89. The van der Waals surface area contributed by atoms with Crippen LogP contribution < -0.4 is 5.32 Å². The number of halogens is 2. The molecule has 0 bridgehead atoms. The topological polar surface area (TPSA) is 49.3 Å². The van der Waals surface area contributed by atoms with E-state index in [1.807, 2.05) is 13.8 Å². The largest absolute Gasteiger partial charge is 0.506 e. The van der Waals surface area contributed by atoms with Crippen molar-refractivity contribution in [2.75, 3.05) is 5.32 Å². The van der Waals surface area contributed by atoms with Crippen molar-refractivity contribution in [3.8, 4) is 5.75 Å². The van der Waals surface area contributed by atoms with Crippen molar-refractivity contribution in [3.05, 3.63) is 21.1 Å². The van der Waals surface area contributed by atoms with Gasteiger partial charge in [0.1, 0.15) is 5.75 Å². The van der Waals surface area contributed by atoms with Crippen LogP contribution in [0.4, 0.5) is 5.69 Å². The summed E-state index contributed by atoms with van der Waals surface area (Å²) in [5.41, 5.74) is 0.655. The number of hydrogen-bond acceptors (Lipinski definition) is 2. The van der Waals surface area contributed by atoms with Gasteiger partial charge >= 0.3 is 0 Å². The molecule has 0 aliphatic carbocycles. The van der Waals surface area contributed by atoms with Gasteiger partial charge in [0.25, 0.3) is 0 Å². The number of aromatic hydroxyl groups is 1. The van der Waals surface area contributed by atoms with Crippen LogP contribution in [0.1, 0.15) is 20.3 Å². The Kier molecular flexibility index (Phi) is 4.80. The van der Waals surface area contributed by atoms with Crippen molar-refractivity contribution in [1.29, 1.82) is 0 Å². The van der Waals surface area contributed by atoms with Crippen LogP contribution >= 0.6 is 31.9 Å². The molecule has 0 aliphatic heterocycles. The van der Waals surface area contributed by atoms with E-state index in [4.69, 9.17) is 0 Å². The lowest BCUT2D eigenvalue weighted by Crippen LogP contribution is -2.13. The second kappa shape index (κ2) is 5.68. The van der Waals surface area contributed by atoms with Gasteiger partial charge in [-0.25, -0.2) is 0 Å². The van der Waals surface area contributed by atoms with Crippen molar-refractivity contribution < 1.29 is 9.90 Å². The summed E-state index contributed by atoms with van der Waals surface area (Å²) in [4.78, 5) is 11.5. The van der Waals surface area contributed by atoms with Gasteiger partial charge < -0.3 is 10.4 Å². The lowest BCUT2D eigenvalue weighted by molar-refractivity contribution is -0.116. The number of anilines is 1. The Morgan fingerprint density at radius 2 is 1.88 bits per heavy atom. The molecule has 0 aliphatic rings. The first kappa shape index (κ1) is 13.5. The quantitative estimate of drug-likeness (QED) is 0.812. The van der Waals surface area contributed by atoms with Crippen molar-refractivity contribution in [1.82, 2.24) is 0 Å². The van der Waals surface area contributed by atoms with E-state index >= 15 is 0 Å². The normalized spacial score (nSPS) is 10.6. The van der Waals surface area contributed by atoms with Gasteiger partial charge in [0.15, 0.2) is 0 Å². The Hall–Kier alpha value is -0.550. The average Bonchev–Trinajstić information content (AvgIpc) is 2.12. The molecule has 0 aromatic heterocycles. The zero-order valence-electron chi connectivity index (χ0n) is 9.05. The smallest absolute Gasteiger partial charge is 0.224 e. The van der Waals surface area contributed by atoms with Gasteiger partial charge in [-0.2, -0.15) is 0 Å². The fraction of sp³-hybridized carbons (Fsp3) is 0.364. The Balaban J connectivity index is 2.79. The summed E-state index contributed by atoms with van der Waals surface area (Å²) in [7, 11) is 0. The van der Waals surface area contributed by atoms with E-state index in [0.29, 0.717) is 27.0 Å². The average molecular weight is 351 g/mol. The molecule has 0 atom stereocenters. The summed E-state index contributed by atoms with van der Waals surface area (Å²) < 4.78 is 1.09. The van der Waals surface area contributed by atoms with E-state index < -0.39 is 0 Å². The summed E-state index contributed by atoms with van der Waals surface area (Å²) in [6.07, 6.45) is 0.482. The first-order valence-electron chi connectivity index (χ1n) is 4.88. The maximum atomic E-state index is 11.5. The number of nitrogens with one attached hydrogen (secondary N) is 1. The number of carbonyl (C=O) groups excluding carboxylic acids is 1. The number of hydrogen-bond donors (Lipinski definition) is 2. The second-order valence-corrected chi connectivity index (χ2v) is 5.64. The summed E-state index contributed by atoms with van der Waals surface area (Å²) in [6.45, 7) is 3.98. The Bertz CT molecular complexity index is 382. The summed E-state index contributed by atoms with van der Waals surface area (Å²) >= 11 is 6.41. The standard InChI is InChI=1S/C11H13Br2NO2/c1-6(2)3-10(15)14-7-4-8(12)11(16)9(13)5-7/h4-6,16H,3H2,1-2H3,(H,14,15). The van der Waals surface area contributed by atoms with Gasteiger partial charge in [-0.05, 0) is 49.9 Å². The highest BCUT2D eigenvalue weighted by Crippen LogP contribution is 2.35. The SMILES string of the molecule is CC(C)CC(=O)Nc1cc(Br)c(O)c(Br)c1. The number of rotatable bonds is 3. The molecule has 2 N–H and O–H groups in total. The molecular weight excluding hydrogens is 338 g/mol. The molecule has 0 spiro atoms. The maximum Gasteiger partial charge on any atom is 0.224 e. The lowest BCUT2D eigenvalue weighted by atomic mass is 10.1. The summed E-state index contributed by atoms with van der Waals surface area (Å²) in [6, 6.07) is 3.33. The Morgan fingerprint density at radius 1 is 1.38 bits per heavy atom. The van der Waals surface area contributed by atoms with Crippen LogP contribution in [0.3, 0.4) is 0 Å². The number of benzene rings is 1.